The monoisotopic (exact) mass is 332 g/mol. The number of hydrogen-bond donors (Lipinski definition) is 1. The van der Waals surface area contributed by atoms with Gasteiger partial charge < -0.3 is 5.32 Å². The van der Waals surface area contributed by atoms with Crippen LogP contribution in [0.15, 0.2) is 36.4 Å². The van der Waals surface area contributed by atoms with E-state index in [1.807, 2.05) is 12.1 Å². The number of nitrogens with one attached hydrogen (secondary N) is 1. The van der Waals surface area contributed by atoms with Crippen molar-refractivity contribution in [3.05, 3.63) is 58.6 Å². The van der Waals surface area contributed by atoms with Gasteiger partial charge in [0.2, 0.25) is 0 Å². The van der Waals surface area contributed by atoms with Gasteiger partial charge in [-0.25, -0.2) is 13.8 Å². The number of carbonyl (C=O) groups excluding carboxylic acids is 1. The summed E-state index contributed by atoms with van der Waals surface area (Å²) in [4.78, 5) is 16.6. The Kier molecular flexibility index (Phi) is 4.34. The Morgan fingerprint density at radius 1 is 1.22 bits per heavy atom. The lowest BCUT2D eigenvalue weighted by molar-refractivity contribution is 0.102. The van der Waals surface area contributed by atoms with Gasteiger partial charge in [0, 0.05) is 11.8 Å². The van der Waals surface area contributed by atoms with Crippen molar-refractivity contribution in [1.29, 1.82) is 0 Å². The third kappa shape index (κ3) is 3.37. The fourth-order valence-corrected chi connectivity index (χ4v) is 3.35. The maximum Gasteiger partial charge on any atom is 0.258 e. The Hall–Kier alpha value is -2.34. The minimum atomic E-state index is -0.883. The topological polar surface area (TPSA) is 42.0 Å². The Labute approximate surface area is 136 Å². The van der Waals surface area contributed by atoms with Crippen molar-refractivity contribution in [2.75, 3.05) is 5.32 Å². The predicted molar refractivity (Wildman–Crippen MR) is 87.9 cm³/mol. The third-order valence-electron chi connectivity index (χ3n) is 3.33. The molecule has 0 aliphatic carbocycles. The zero-order valence-electron chi connectivity index (χ0n) is 12.4. The Morgan fingerprint density at radius 3 is 2.78 bits per heavy atom. The van der Waals surface area contributed by atoms with Gasteiger partial charge in [-0.2, -0.15) is 0 Å². The molecule has 1 aromatic heterocycles. The number of thiazole rings is 1. The summed E-state index contributed by atoms with van der Waals surface area (Å²) in [5, 5.41) is 3.68. The highest BCUT2D eigenvalue weighted by Gasteiger charge is 2.13. The zero-order valence-corrected chi connectivity index (χ0v) is 13.2. The van der Waals surface area contributed by atoms with Gasteiger partial charge in [-0.1, -0.05) is 6.92 Å². The molecular weight excluding hydrogens is 318 g/mol. The molecule has 0 unspecified atom stereocenters. The molecule has 0 atom stereocenters. The zero-order chi connectivity index (χ0) is 16.4. The number of carbonyl (C=O) groups is 1. The molecule has 1 amide bonds. The van der Waals surface area contributed by atoms with Crippen molar-refractivity contribution < 1.29 is 13.6 Å². The van der Waals surface area contributed by atoms with Crippen molar-refractivity contribution >= 4 is 33.1 Å². The first-order valence-electron chi connectivity index (χ1n) is 7.22. The molecule has 3 aromatic rings. The molecule has 2 aromatic carbocycles. The van der Waals surface area contributed by atoms with Crippen LogP contribution in [0, 0.1) is 11.6 Å². The van der Waals surface area contributed by atoms with Gasteiger partial charge in [0.05, 0.1) is 20.8 Å². The lowest BCUT2D eigenvalue weighted by Crippen LogP contribution is -2.13. The number of aromatic nitrogens is 1. The molecule has 0 fully saturated rings. The van der Waals surface area contributed by atoms with Gasteiger partial charge in [-0.05, 0) is 43.2 Å². The Bertz CT molecular complexity index is 876. The standard InChI is InChI=1S/C17H14F2N2OS/c1-2-3-16-21-14-7-5-11(9-15(14)23-16)20-17(22)12-6-4-10(18)8-13(12)19/h4-9H,2-3H2,1H3,(H,20,22). The van der Waals surface area contributed by atoms with E-state index in [0.29, 0.717) is 11.8 Å². The fraction of sp³-hybridized carbons (Fsp3) is 0.176. The van der Waals surface area contributed by atoms with Crippen LogP contribution in [0.3, 0.4) is 0 Å². The molecule has 0 bridgehead atoms. The summed E-state index contributed by atoms with van der Waals surface area (Å²) in [5.41, 5.74) is 1.24. The summed E-state index contributed by atoms with van der Waals surface area (Å²) in [6.07, 6.45) is 1.94. The molecule has 0 aliphatic heterocycles. The number of fused-ring (bicyclic) bond motifs is 1. The second-order valence-corrected chi connectivity index (χ2v) is 6.23. The van der Waals surface area contributed by atoms with Gasteiger partial charge in [-0.3, -0.25) is 4.79 Å². The van der Waals surface area contributed by atoms with Crippen molar-refractivity contribution in [1.82, 2.24) is 4.98 Å². The van der Waals surface area contributed by atoms with Crippen LogP contribution in [0.5, 0.6) is 0 Å². The van der Waals surface area contributed by atoms with Crippen LogP contribution in [0.25, 0.3) is 10.2 Å². The van der Waals surface area contributed by atoms with Crippen molar-refractivity contribution in [3.63, 3.8) is 0 Å². The van der Waals surface area contributed by atoms with Crippen molar-refractivity contribution in [3.8, 4) is 0 Å². The number of amides is 1. The molecule has 0 saturated carbocycles. The van der Waals surface area contributed by atoms with E-state index in [1.165, 1.54) is 0 Å². The highest BCUT2D eigenvalue weighted by atomic mass is 32.1. The Balaban J connectivity index is 1.84. The molecule has 0 saturated heterocycles. The predicted octanol–water partition coefficient (Wildman–Crippen LogP) is 4.78. The summed E-state index contributed by atoms with van der Waals surface area (Å²) in [5.74, 6) is -2.21. The minimum Gasteiger partial charge on any atom is -0.322 e. The van der Waals surface area contributed by atoms with Crippen LogP contribution in [0.4, 0.5) is 14.5 Å². The molecule has 1 heterocycles. The average Bonchev–Trinajstić information content (AvgIpc) is 2.89. The van der Waals surface area contributed by atoms with E-state index >= 15 is 0 Å². The summed E-state index contributed by atoms with van der Waals surface area (Å²) < 4.78 is 27.5. The van der Waals surface area contributed by atoms with Gasteiger partial charge in [0.15, 0.2) is 0 Å². The van der Waals surface area contributed by atoms with Gasteiger partial charge in [0.25, 0.3) is 5.91 Å². The first kappa shape index (κ1) is 15.6. The van der Waals surface area contributed by atoms with E-state index in [1.54, 1.807) is 17.4 Å². The SMILES string of the molecule is CCCc1nc2ccc(NC(=O)c3ccc(F)cc3F)cc2s1. The summed E-state index contributed by atoms with van der Waals surface area (Å²) in [6, 6.07) is 8.23. The highest BCUT2D eigenvalue weighted by Crippen LogP contribution is 2.26. The van der Waals surface area contributed by atoms with E-state index in [0.717, 1.165) is 40.2 Å². The van der Waals surface area contributed by atoms with Crippen LogP contribution in [-0.4, -0.2) is 10.9 Å². The lowest BCUT2D eigenvalue weighted by Gasteiger charge is -2.06. The summed E-state index contributed by atoms with van der Waals surface area (Å²) in [7, 11) is 0. The number of rotatable bonds is 4. The van der Waals surface area contributed by atoms with Crippen molar-refractivity contribution in [2.45, 2.75) is 19.8 Å². The van der Waals surface area contributed by atoms with Crippen molar-refractivity contribution in [2.24, 2.45) is 0 Å². The normalized spacial score (nSPS) is 10.9. The van der Waals surface area contributed by atoms with Crippen LogP contribution < -0.4 is 5.32 Å². The molecular formula is C17H14F2N2OS. The van der Waals surface area contributed by atoms with Gasteiger partial charge >= 0.3 is 0 Å². The second kappa shape index (κ2) is 6.42. The van der Waals surface area contributed by atoms with Crippen LogP contribution >= 0.6 is 11.3 Å². The van der Waals surface area contributed by atoms with Gasteiger partial charge in [0.1, 0.15) is 11.6 Å². The largest absolute Gasteiger partial charge is 0.322 e. The molecule has 3 rings (SSSR count). The van der Waals surface area contributed by atoms with E-state index in [9.17, 15) is 13.6 Å². The number of halogens is 2. The van der Waals surface area contributed by atoms with E-state index in [2.05, 4.69) is 17.2 Å². The lowest BCUT2D eigenvalue weighted by atomic mass is 10.2. The molecule has 0 radical (unpaired) electrons. The molecule has 118 valence electrons. The first-order chi connectivity index (χ1) is 11.1. The van der Waals surface area contributed by atoms with E-state index in [4.69, 9.17) is 0 Å². The Morgan fingerprint density at radius 2 is 2.04 bits per heavy atom. The molecule has 1 N–H and O–H groups in total. The first-order valence-corrected chi connectivity index (χ1v) is 8.04. The van der Waals surface area contributed by atoms with Crippen LogP contribution in [0.1, 0.15) is 28.7 Å². The van der Waals surface area contributed by atoms with Crippen LogP contribution in [-0.2, 0) is 6.42 Å². The van der Waals surface area contributed by atoms with E-state index in [-0.39, 0.29) is 5.56 Å². The maximum absolute atomic E-state index is 13.6. The number of aryl methyl sites for hydroxylation is 1. The molecule has 6 heteroatoms. The van der Waals surface area contributed by atoms with Crippen LogP contribution in [0.2, 0.25) is 0 Å². The number of benzene rings is 2. The minimum absolute atomic E-state index is 0.192. The summed E-state index contributed by atoms with van der Waals surface area (Å²) >= 11 is 1.58. The third-order valence-corrected chi connectivity index (χ3v) is 4.41. The molecule has 0 spiro atoms. The quantitative estimate of drug-likeness (QED) is 0.747. The van der Waals surface area contributed by atoms with E-state index < -0.39 is 17.5 Å². The maximum atomic E-state index is 13.6. The molecule has 23 heavy (non-hydrogen) atoms. The fourth-order valence-electron chi connectivity index (χ4n) is 2.24. The highest BCUT2D eigenvalue weighted by molar-refractivity contribution is 7.18. The summed E-state index contributed by atoms with van der Waals surface area (Å²) in [6.45, 7) is 2.09. The van der Waals surface area contributed by atoms with Gasteiger partial charge in [-0.15, -0.1) is 11.3 Å². The smallest absolute Gasteiger partial charge is 0.258 e. The molecule has 3 nitrogen and oxygen atoms in total. The average molecular weight is 332 g/mol. The number of anilines is 1. The second-order valence-electron chi connectivity index (χ2n) is 5.12. The number of hydrogen-bond acceptors (Lipinski definition) is 3. The molecule has 0 aliphatic rings. The number of nitrogens with zero attached hydrogens (tertiary/aromatic N) is 1.